The fourth-order valence-corrected chi connectivity index (χ4v) is 2.41. The Bertz CT molecular complexity index is 327. The zero-order valence-electron chi connectivity index (χ0n) is 8.61. The first-order valence-electron chi connectivity index (χ1n) is 5.64. The van der Waals surface area contributed by atoms with E-state index in [4.69, 9.17) is 0 Å². The molecule has 1 aliphatic heterocycles. The van der Waals surface area contributed by atoms with Gasteiger partial charge in [-0.1, -0.05) is 0 Å². The van der Waals surface area contributed by atoms with E-state index in [2.05, 4.69) is 23.5 Å². The summed E-state index contributed by atoms with van der Waals surface area (Å²) in [6, 6.07) is 0.600. The first-order chi connectivity index (χ1) is 6.88. The molecule has 0 amide bonds. The fourth-order valence-electron chi connectivity index (χ4n) is 2.41. The maximum absolute atomic E-state index is 4.33. The Morgan fingerprint density at radius 1 is 1.57 bits per heavy atom. The van der Waals surface area contributed by atoms with Gasteiger partial charge in [0.2, 0.25) is 0 Å². The molecule has 3 rings (SSSR count). The summed E-state index contributed by atoms with van der Waals surface area (Å²) in [5, 5.41) is 7.85. The highest BCUT2D eigenvalue weighted by Crippen LogP contribution is 2.46. The minimum atomic E-state index is 0.600. The molecule has 1 saturated heterocycles. The minimum absolute atomic E-state index is 0.600. The summed E-state index contributed by atoms with van der Waals surface area (Å²) in [5.41, 5.74) is 1.38. The van der Waals surface area contributed by atoms with Crippen molar-refractivity contribution in [1.29, 1.82) is 0 Å². The van der Waals surface area contributed by atoms with Crippen molar-refractivity contribution in [1.82, 2.24) is 15.1 Å². The van der Waals surface area contributed by atoms with Gasteiger partial charge in [0.1, 0.15) is 0 Å². The molecule has 3 nitrogen and oxygen atoms in total. The molecule has 14 heavy (non-hydrogen) atoms. The van der Waals surface area contributed by atoms with Crippen molar-refractivity contribution in [3.8, 4) is 0 Å². The Hall–Kier alpha value is -0.830. The van der Waals surface area contributed by atoms with Gasteiger partial charge in [0.15, 0.2) is 0 Å². The van der Waals surface area contributed by atoms with Gasteiger partial charge >= 0.3 is 0 Å². The summed E-state index contributed by atoms with van der Waals surface area (Å²) in [4.78, 5) is 0. The van der Waals surface area contributed by atoms with E-state index in [1.807, 2.05) is 10.9 Å². The van der Waals surface area contributed by atoms with E-state index in [1.165, 1.54) is 24.9 Å². The number of rotatable bonds is 3. The lowest BCUT2D eigenvalue weighted by Crippen LogP contribution is -2.46. The van der Waals surface area contributed by atoms with Crippen LogP contribution < -0.4 is 5.32 Å². The first-order valence-corrected chi connectivity index (χ1v) is 5.64. The Kier molecular flexibility index (Phi) is 1.87. The zero-order valence-corrected chi connectivity index (χ0v) is 8.61. The lowest BCUT2D eigenvalue weighted by Gasteiger charge is -2.38. The van der Waals surface area contributed by atoms with Crippen LogP contribution >= 0.6 is 0 Å². The number of nitrogens with one attached hydrogen (secondary N) is 1. The van der Waals surface area contributed by atoms with E-state index in [0.717, 1.165) is 18.4 Å². The molecule has 1 aromatic heterocycles. The lowest BCUT2D eigenvalue weighted by molar-refractivity contribution is 0.206. The molecule has 1 saturated carbocycles. The summed E-state index contributed by atoms with van der Waals surface area (Å²) in [7, 11) is 0. The van der Waals surface area contributed by atoms with Gasteiger partial charge in [0.25, 0.3) is 0 Å². The van der Waals surface area contributed by atoms with Crippen LogP contribution in [0.2, 0.25) is 0 Å². The van der Waals surface area contributed by atoms with E-state index < -0.39 is 0 Å². The summed E-state index contributed by atoms with van der Waals surface area (Å²) in [6.45, 7) is 4.32. The normalized spacial score (nSPS) is 31.5. The van der Waals surface area contributed by atoms with Crippen molar-refractivity contribution >= 4 is 0 Å². The van der Waals surface area contributed by atoms with Crippen molar-refractivity contribution < 1.29 is 0 Å². The molecular weight excluding hydrogens is 174 g/mol. The van der Waals surface area contributed by atoms with Crippen LogP contribution in [0, 0.1) is 11.8 Å². The van der Waals surface area contributed by atoms with Crippen LogP contribution in [0.4, 0.5) is 0 Å². The predicted octanol–water partition coefficient (Wildman–Crippen LogP) is 1.57. The molecule has 1 aromatic rings. The molecule has 1 N–H and O–H groups in total. The topological polar surface area (TPSA) is 29.9 Å². The molecule has 2 unspecified atom stereocenters. The summed E-state index contributed by atoms with van der Waals surface area (Å²) < 4.78 is 2.01. The summed E-state index contributed by atoms with van der Waals surface area (Å²) in [6.07, 6.45) is 7.11. The second kappa shape index (κ2) is 3.09. The van der Waals surface area contributed by atoms with Crippen LogP contribution in [0.25, 0.3) is 0 Å². The van der Waals surface area contributed by atoms with Crippen LogP contribution in [0.1, 0.15) is 31.4 Å². The van der Waals surface area contributed by atoms with Crippen LogP contribution in [0.3, 0.4) is 0 Å². The Balaban J connectivity index is 1.74. The third kappa shape index (κ3) is 1.27. The molecule has 2 atom stereocenters. The molecule has 3 heteroatoms. The molecule has 2 heterocycles. The predicted molar refractivity (Wildman–Crippen MR) is 54.9 cm³/mol. The molecule has 0 aromatic carbocycles. The van der Waals surface area contributed by atoms with Gasteiger partial charge in [-0.3, -0.25) is 4.68 Å². The van der Waals surface area contributed by atoms with Crippen LogP contribution in [-0.4, -0.2) is 16.3 Å². The molecular formula is C11H17N3. The average Bonchev–Trinajstić information content (AvgIpc) is 2.83. The van der Waals surface area contributed by atoms with Crippen LogP contribution in [0.5, 0.6) is 0 Å². The van der Waals surface area contributed by atoms with Crippen molar-refractivity contribution in [2.75, 3.05) is 6.54 Å². The fraction of sp³-hybridized carbons (Fsp3) is 0.727. The van der Waals surface area contributed by atoms with Crippen molar-refractivity contribution in [3.63, 3.8) is 0 Å². The highest BCUT2D eigenvalue weighted by molar-refractivity contribution is 5.17. The van der Waals surface area contributed by atoms with E-state index >= 15 is 0 Å². The highest BCUT2D eigenvalue weighted by atomic mass is 15.3. The number of aryl methyl sites for hydroxylation is 1. The van der Waals surface area contributed by atoms with E-state index in [0.29, 0.717) is 6.04 Å². The van der Waals surface area contributed by atoms with Gasteiger partial charge in [-0.15, -0.1) is 0 Å². The van der Waals surface area contributed by atoms with Gasteiger partial charge in [-0.05, 0) is 31.6 Å². The second-order valence-electron chi connectivity index (χ2n) is 4.52. The van der Waals surface area contributed by atoms with E-state index in [9.17, 15) is 0 Å². The second-order valence-corrected chi connectivity index (χ2v) is 4.52. The van der Waals surface area contributed by atoms with Gasteiger partial charge in [-0.2, -0.15) is 5.10 Å². The molecule has 0 spiro atoms. The third-order valence-electron chi connectivity index (χ3n) is 3.57. The number of hydrogen-bond donors (Lipinski definition) is 1. The van der Waals surface area contributed by atoms with Crippen molar-refractivity contribution in [3.05, 3.63) is 18.0 Å². The highest BCUT2D eigenvalue weighted by Gasteiger charge is 2.42. The Morgan fingerprint density at radius 2 is 2.43 bits per heavy atom. The molecule has 1 aliphatic carbocycles. The SMILES string of the molecule is CCn1cc(C2NCC2C2CC2)cn1. The summed E-state index contributed by atoms with van der Waals surface area (Å²) >= 11 is 0. The smallest absolute Gasteiger partial charge is 0.0537 e. The molecule has 2 aliphatic rings. The van der Waals surface area contributed by atoms with E-state index in [-0.39, 0.29) is 0 Å². The molecule has 76 valence electrons. The van der Waals surface area contributed by atoms with Crippen LogP contribution in [0.15, 0.2) is 12.4 Å². The largest absolute Gasteiger partial charge is 0.309 e. The van der Waals surface area contributed by atoms with Crippen molar-refractivity contribution in [2.45, 2.75) is 32.4 Å². The third-order valence-corrected chi connectivity index (χ3v) is 3.57. The zero-order chi connectivity index (χ0) is 9.54. The van der Waals surface area contributed by atoms with Crippen molar-refractivity contribution in [2.24, 2.45) is 11.8 Å². The van der Waals surface area contributed by atoms with Gasteiger partial charge in [0, 0.05) is 30.9 Å². The number of hydrogen-bond acceptors (Lipinski definition) is 2. The summed E-state index contributed by atoms with van der Waals surface area (Å²) in [5.74, 6) is 1.90. The van der Waals surface area contributed by atoms with Gasteiger partial charge < -0.3 is 5.32 Å². The minimum Gasteiger partial charge on any atom is -0.309 e. The average molecular weight is 191 g/mol. The Morgan fingerprint density at radius 3 is 2.93 bits per heavy atom. The first kappa shape index (κ1) is 8.48. The standard InChI is InChI=1S/C11H17N3/c1-2-14-7-9(5-13-14)11-10(6-12-11)8-3-4-8/h5,7-8,10-12H,2-4,6H2,1H3. The molecule has 0 radical (unpaired) electrons. The van der Waals surface area contributed by atoms with Gasteiger partial charge in [0.05, 0.1) is 6.20 Å². The Labute approximate surface area is 84.5 Å². The monoisotopic (exact) mass is 191 g/mol. The van der Waals surface area contributed by atoms with Gasteiger partial charge in [-0.25, -0.2) is 0 Å². The lowest BCUT2D eigenvalue weighted by atomic mass is 9.84. The quantitative estimate of drug-likeness (QED) is 0.786. The molecule has 0 bridgehead atoms. The van der Waals surface area contributed by atoms with Crippen LogP contribution in [-0.2, 0) is 6.54 Å². The number of nitrogens with zero attached hydrogens (tertiary/aromatic N) is 2. The molecule has 2 fully saturated rings. The maximum Gasteiger partial charge on any atom is 0.0537 e. The maximum atomic E-state index is 4.33. The van der Waals surface area contributed by atoms with E-state index in [1.54, 1.807) is 0 Å². The number of aromatic nitrogens is 2.